The van der Waals surface area contributed by atoms with Crippen LogP contribution in [0.5, 0.6) is 0 Å². The van der Waals surface area contributed by atoms with E-state index < -0.39 is 0 Å². The Morgan fingerprint density at radius 3 is 2.56 bits per heavy atom. The SMILES string of the molecule is CCCCCc1cccc(F)c1C(C)CC. The highest BCUT2D eigenvalue weighted by Crippen LogP contribution is 2.26. The lowest BCUT2D eigenvalue weighted by molar-refractivity contribution is 0.575. The van der Waals surface area contributed by atoms with Crippen LogP contribution >= 0.6 is 0 Å². The molecule has 0 aliphatic heterocycles. The molecular weight excluding hydrogens is 199 g/mol. The van der Waals surface area contributed by atoms with E-state index in [1.54, 1.807) is 6.07 Å². The van der Waals surface area contributed by atoms with Crippen LogP contribution in [-0.2, 0) is 6.42 Å². The van der Waals surface area contributed by atoms with Crippen molar-refractivity contribution in [2.45, 2.75) is 58.8 Å². The fraction of sp³-hybridized carbons (Fsp3) is 0.600. The smallest absolute Gasteiger partial charge is 0.126 e. The molecule has 0 aliphatic rings. The van der Waals surface area contributed by atoms with Crippen molar-refractivity contribution in [3.63, 3.8) is 0 Å². The Morgan fingerprint density at radius 1 is 1.19 bits per heavy atom. The molecule has 90 valence electrons. The standard InChI is InChI=1S/C15H23F/c1-4-6-7-9-13-10-8-11-14(16)15(13)12(3)5-2/h8,10-12H,4-7,9H2,1-3H3. The summed E-state index contributed by atoms with van der Waals surface area (Å²) in [4.78, 5) is 0. The van der Waals surface area contributed by atoms with Crippen molar-refractivity contribution in [3.05, 3.63) is 35.1 Å². The van der Waals surface area contributed by atoms with E-state index in [1.807, 2.05) is 6.07 Å². The zero-order chi connectivity index (χ0) is 12.0. The first-order valence-electron chi connectivity index (χ1n) is 6.48. The minimum absolute atomic E-state index is 0.0247. The number of unbranched alkanes of at least 4 members (excludes halogenated alkanes) is 2. The number of hydrogen-bond donors (Lipinski definition) is 0. The average Bonchev–Trinajstić information content (AvgIpc) is 2.29. The van der Waals surface area contributed by atoms with E-state index in [-0.39, 0.29) is 5.82 Å². The molecular formula is C15H23F. The van der Waals surface area contributed by atoms with Gasteiger partial charge in [0.05, 0.1) is 0 Å². The van der Waals surface area contributed by atoms with Gasteiger partial charge in [-0.1, -0.05) is 45.7 Å². The molecule has 16 heavy (non-hydrogen) atoms. The van der Waals surface area contributed by atoms with Gasteiger partial charge in [-0.05, 0) is 42.4 Å². The molecule has 1 rings (SSSR count). The molecule has 1 heteroatoms. The molecule has 1 aromatic carbocycles. The number of rotatable bonds is 6. The topological polar surface area (TPSA) is 0 Å². The van der Waals surface area contributed by atoms with Crippen LogP contribution in [0.15, 0.2) is 18.2 Å². The summed E-state index contributed by atoms with van der Waals surface area (Å²) in [6, 6.07) is 5.51. The highest BCUT2D eigenvalue weighted by Gasteiger charge is 2.13. The van der Waals surface area contributed by atoms with Crippen LogP contribution < -0.4 is 0 Å². The minimum atomic E-state index is -0.0247. The second-order valence-corrected chi connectivity index (χ2v) is 4.58. The normalized spacial score (nSPS) is 12.8. The summed E-state index contributed by atoms with van der Waals surface area (Å²) in [5.41, 5.74) is 2.16. The van der Waals surface area contributed by atoms with Crippen molar-refractivity contribution < 1.29 is 4.39 Å². The summed E-state index contributed by atoms with van der Waals surface area (Å²) in [6.45, 7) is 6.43. The van der Waals surface area contributed by atoms with E-state index in [0.717, 1.165) is 18.4 Å². The van der Waals surface area contributed by atoms with Gasteiger partial charge in [0.15, 0.2) is 0 Å². The molecule has 0 spiro atoms. The molecule has 1 unspecified atom stereocenters. The summed E-state index contributed by atoms with van der Waals surface area (Å²) in [5.74, 6) is 0.307. The van der Waals surface area contributed by atoms with E-state index in [0.29, 0.717) is 5.92 Å². The number of aryl methyl sites for hydroxylation is 1. The molecule has 0 aliphatic carbocycles. The molecule has 0 bridgehead atoms. The van der Waals surface area contributed by atoms with Gasteiger partial charge in [-0.3, -0.25) is 0 Å². The lowest BCUT2D eigenvalue weighted by Crippen LogP contribution is -2.02. The van der Waals surface area contributed by atoms with Crippen LogP contribution in [0.4, 0.5) is 4.39 Å². The van der Waals surface area contributed by atoms with E-state index in [9.17, 15) is 4.39 Å². The molecule has 0 N–H and O–H groups in total. The van der Waals surface area contributed by atoms with Gasteiger partial charge in [-0.15, -0.1) is 0 Å². The molecule has 0 radical (unpaired) electrons. The minimum Gasteiger partial charge on any atom is -0.207 e. The Morgan fingerprint density at radius 2 is 1.94 bits per heavy atom. The van der Waals surface area contributed by atoms with E-state index >= 15 is 0 Å². The van der Waals surface area contributed by atoms with Gasteiger partial charge in [0, 0.05) is 0 Å². The van der Waals surface area contributed by atoms with E-state index in [2.05, 4.69) is 26.8 Å². The molecule has 0 amide bonds. The predicted molar refractivity (Wildman–Crippen MR) is 68.3 cm³/mol. The zero-order valence-corrected chi connectivity index (χ0v) is 10.7. The van der Waals surface area contributed by atoms with Crippen LogP contribution in [0.25, 0.3) is 0 Å². The van der Waals surface area contributed by atoms with Crippen molar-refractivity contribution in [1.29, 1.82) is 0 Å². The van der Waals surface area contributed by atoms with Gasteiger partial charge < -0.3 is 0 Å². The summed E-state index contributed by atoms with van der Waals surface area (Å²) in [6.07, 6.45) is 5.64. The first kappa shape index (κ1) is 13.2. The van der Waals surface area contributed by atoms with Crippen molar-refractivity contribution in [2.24, 2.45) is 0 Å². The molecule has 0 heterocycles. The summed E-state index contributed by atoms with van der Waals surface area (Å²) in [7, 11) is 0. The Kier molecular flexibility index (Phi) is 5.51. The number of halogens is 1. The fourth-order valence-corrected chi connectivity index (χ4v) is 2.12. The fourth-order valence-electron chi connectivity index (χ4n) is 2.12. The second-order valence-electron chi connectivity index (χ2n) is 4.58. The van der Waals surface area contributed by atoms with Gasteiger partial charge >= 0.3 is 0 Å². The molecule has 1 atom stereocenters. The number of hydrogen-bond acceptors (Lipinski definition) is 0. The van der Waals surface area contributed by atoms with Gasteiger partial charge in [-0.2, -0.15) is 0 Å². The van der Waals surface area contributed by atoms with E-state index in [1.165, 1.54) is 24.8 Å². The monoisotopic (exact) mass is 222 g/mol. The van der Waals surface area contributed by atoms with Gasteiger partial charge in [-0.25, -0.2) is 4.39 Å². The lowest BCUT2D eigenvalue weighted by atomic mass is 9.90. The summed E-state index contributed by atoms with van der Waals surface area (Å²) >= 11 is 0. The Bertz CT molecular complexity index is 317. The Hall–Kier alpha value is -0.850. The average molecular weight is 222 g/mol. The van der Waals surface area contributed by atoms with Crippen molar-refractivity contribution in [3.8, 4) is 0 Å². The third-order valence-corrected chi connectivity index (χ3v) is 3.30. The molecule has 1 aromatic rings. The summed E-state index contributed by atoms with van der Waals surface area (Å²) in [5, 5.41) is 0. The molecule has 0 nitrogen and oxygen atoms in total. The largest absolute Gasteiger partial charge is 0.207 e. The maximum absolute atomic E-state index is 13.8. The lowest BCUT2D eigenvalue weighted by Gasteiger charge is -2.15. The first-order chi connectivity index (χ1) is 7.70. The molecule has 0 aromatic heterocycles. The van der Waals surface area contributed by atoms with Crippen LogP contribution in [0.2, 0.25) is 0 Å². The van der Waals surface area contributed by atoms with Crippen LogP contribution in [0, 0.1) is 5.82 Å². The number of benzene rings is 1. The first-order valence-corrected chi connectivity index (χ1v) is 6.48. The molecule has 0 saturated heterocycles. The van der Waals surface area contributed by atoms with E-state index in [4.69, 9.17) is 0 Å². The highest BCUT2D eigenvalue weighted by molar-refractivity contribution is 5.31. The third kappa shape index (κ3) is 3.33. The van der Waals surface area contributed by atoms with Crippen molar-refractivity contribution in [1.82, 2.24) is 0 Å². The van der Waals surface area contributed by atoms with Gasteiger partial charge in [0.2, 0.25) is 0 Å². The third-order valence-electron chi connectivity index (χ3n) is 3.30. The molecule has 0 fully saturated rings. The van der Waals surface area contributed by atoms with Crippen LogP contribution in [-0.4, -0.2) is 0 Å². The summed E-state index contributed by atoms with van der Waals surface area (Å²) < 4.78 is 13.8. The Labute approximate surface area is 98.9 Å². The van der Waals surface area contributed by atoms with Crippen LogP contribution in [0.1, 0.15) is 63.5 Å². The van der Waals surface area contributed by atoms with Crippen molar-refractivity contribution >= 4 is 0 Å². The highest BCUT2D eigenvalue weighted by atomic mass is 19.1. The maximum Gasteiger partial charge on any atom is 0.126 e. The van der Waals surface area contributed by atoms with Gasteiger partial charge in [0.25, 0.3) is 0 Å². The van der Waals surface area contributed by atoms with Crippen LogP contribution in [0.3, 0.4) is 0 Å². The van der Waals surface area contributed by atoms with Crippen molar-refractivity contribution in [2.75, 3.05) is 0 Å². The Balaban J connectivity index is 2.85. The maximum atomic E-state index is 13.8. The predicted octanol–water partition coefficient (Wildman–Crippen LogP) is 5.07. The second kappa shape index (κ2) is 6.67. The van der Waals surface area contributed by atoms with Gasteiger partial charge in [0.1, 0.15) is 5.82 Å². The quantitative estimate of drug-likeness (QED) is 0.589. The zero-order valence-electron chi connectivity index (χ0n) is 10.7. The molecule has 0 saturated carbocycles.